The summed E-state index contributed by atoms with van der Waals surface area (Å²) in [5, 5.41) is 2.37. The average Bonchev–Trinajstić information content (AvgIpc) is 3.11. The number of benzene rings is 1. The summed E-state index contributed by atoms with van der Waals surface area (Å²) in [6.45, 7) is 3.19. The molecule has 1 aromatic carbocycles. The first-order valence-corrected chi connectivity index (χ1v) is 11.0. The van der Waals surface area contributed by atoms with Gasteiger partial charge < -0.3 is 14.8 Å². The molecule has 0 fully saturated rings. The van der Waals surface area contributed by atoms with Crippen LogP contribution < -0.4 is 10.9 Å². The first-order valence-electron chi connectivity index (χ1n) is 9.79. The van der Waals surface area contributed by atoms with Crippen LogP contribution in [0.5, 0.6) is 0 Å². The molecule has 1 amide bonds. The van der Waals surface area contributed by atoms with Crippen molar-refractivity contribution in [3.63, 3.8) is 0 Å². The minimum Gasteiger partial charge on any atom is -0.459 e. The second kappa shape index (κ2) is 10.1. The lowest BCUT2D eigenvalue weighted by atomic mass is 10.2. The van der Waals surface area contributed by atoms with Crippen molar-refractivity contribution in [3.05, 3.63) is 55.9 Å². The Morgan fingerprint density at radius 2 is 2.00 bits per heavy atom. The molecule has 8 nitrogen and oxygen atoms in total. The third kappa shape index (κ3) is 5.24. The van der Waals surface area contributed by atoms with Crippen LogP contribution in [0.4, 0.5) is 18.9 Å². The third-order valence-electron chi connectivity index (χ3n) is 4.93. The summed E-state index contributed by atoms with van der Waals surface area (Å²) in [4.78, 5) is 42.8. The number of nitrogens with zero attached hydrogens (tertiary/aromatic N) is 2. The van der Waals surface area contributed by atoms with Crippen LogP contribution in [0.15, 0.2) is 29.3 Å². The topological polar surface area (TPSA) is 99.5 Å². The number of methoxy groups -OCH3 is 1. The molecule has 182 valence electrons. The van der Waals surface area contributed by atoms with Gasteiger partial charge in [0.2, 0.25) is 5.91 Å². The number of halogens is 4. The van der Waals surface area contributed by atoms with Crippen molar-refractivity contribution in [1.29, 1.82) is 0 Å². The number of carbonyl (C=O) groups is 2. The minimum absolute atomic E-state index is 0.0377. The van der Waals surface area contributed by atoms with Crippen LogP contribution in [0, 0.1) is 6.92 Å². The SMILES string of the molecule is COCCOC(=O)c1sc2ncn(C(C)C(=O)Nc3cc(C(F)(F)F)ccc3Cl)c(=O)c2c1C. The molecule has 1 N–H and O–H groups in total. The molecule has 0 aliphatic rings. The maximum absolute atomic E-state index is 13.1. The first-order chi connectivity index (χ1) is 16.0. The molecule has 0 saturated heterocycles. The van der Waals surface area contributed by atoms with E-state index in [4.69, 9.17) is 21.1 Å². The van der Waals surface area contributed by atoms with E-state index in [9.17, 15) is 27.6 Å². The highest BCUT2D eigenvalue weighted by Gasteiger charge is 2.31. The van der Waals surface area contributed by atoms with E-state index >= 15 is 0 Å². The van der Waals surface area contributed by atoms with Crippen molar-refractivity contribution in [2.45, 2.75) is 26.1 Å². The van der Waals surface area contributed by atoms with Gasteiger partial charge in [-0.15, -0.1) is 11.3 Å². The van der Waals surface area contributed by atoms with Gasteiger partial charge in [-0.1, -0.05) is 11.6 Å². The average molecular weight is 518 g/mol. The number of hydrogen-bond donors (Lipinski definition) is 1. The van der Waals surface area contributed by atoms with Crippen LogP contribution in [0.3, 0.4) is 0 Å². The Kier molecular flexibility index (Phi) is 7.64. The Morgan fingerprint density at radius 1 is 1.29 bits per heavy atom. The Hall–Kier alpha value is -2.96. The monoisotopic (exact) mass is 517 g/mol. The zero-order valence-electron chi connectivity index (χ0n) is 18.2. The van der Waals surface area contributed by atoms with Gasteiger partial charge in [-0.2, -0.15) is 13.2 Å². The fraction of sp³-hybridized carbons (Fsp3) is 0.333. The molecule has 3 aromatic rings. The fourth-order valence-corrected chi connectivity index (χ4v) is 4.25. The number of carbonyl (C=O) groups excluding carboxylic acids is 2. The quantitative estimate of drug-likeness (QED) is 0.367. The maximum Gasteiger partial charge on any atom is 0.416 e. The normalized spacial score (nSPS) is 12.6. The number of amides is 1. The highest BCUT2D eigenvalue weighted by Crippen LogP contribution is 2.34. The van der Waals surface area contributed by atoms with E-state index in [1.165, 1.54) is 14.0 Å². The van der Waals surface area contributed by atoms with E-state index in [0.29, 0.717) is 11.6 Å². The first kappa shape index (κ1) is 25.7. The predicted octanol–water partition coefficient (Wildman–Crippen LogP) is 4.44. The van der Waals surface area contributed by atoms with Gasteiger partial charge in [-0.25, -0.2) is 9.78 Å². The number of aromatic nitrogens is 2. The fourth-order valence-electron chi connectivity index (χ4n) is 3.05. The molecule has 1 unspecified atom stereocenters. The molecular weight excluding hydrogens is 499 g/mol. The van der Waals surface area contributed by atoms with Crippen LogP contribution in [-0.4, -0.2) is 41.8 Å². The smallest absolute Gasteiger partial charge is 0.416 e. The van der Waals surface area contributed by atoms with Crippen LogP contribution in [0.25, 0.3) is 10.2 Å². The number of anilines is 1. The van der Waals surface area contributed by atoms with E-state index < -0.39 is 35.2 Å². The summed E-state index contributed by atoms with van der Waals surface area (Å²) >= 11 is 6.91. The molecule has 0 aliphatic heterocycles. The van der Waals surface area contributed by atoms with Crippen LogP contribution in [-0.2, 0) is 20.4 Å². The van der Waals surface area contributed by atoms with Crippen LogP contribution in [0.1, 0.15) is 33.8 Å². The Labute approximate surface area is 200 Å². The number of thiophene rings is 1. The van der Waals surface area contributed by atoms with E-state index in [2.05, 4.69) is 10.3 Å². The largest absolute Gasteiger partial charge is 0.459 e. The predicted molar refractivity (Wildman–Crippen MR) is 121 cm³/mol. The molecule has 2 heterocycles. The number of alkyl halides is 3. The molecule has 34 heavy (non-hydrogen) atoms. The van der Waals surface area contributed by atoms with Gasteiger partial charge in [0, 0.05) is 7.11 Å². The number of ether oxygens (including phenoxy) is 2. The number of nitrogens with one attached hydrogen (secondary N) is 1. The number of aryl methyl sites for hydroxylation is 1. The summed E-state index contributed by atoms with van der Waals surface area (Å²) in [5.41, 5.74) is -1.47. The van der Waals surface area contributed by atoms with E-state index in [1.54, 1.807) is 6.92 Å². The highest BCUT2D eigenvalue weighted by molar-refractivity contribution is 7.20. The van der Waals surface area contributed by atoms with Crippen molar-refractivity contribution in [1.82, 2.24) is 9.55 Å². The lowest BCUT2D eigenvalue weighted by Gasteiger charge is -2.16. The highest BCUT2D eigenvalue weighted by atomic mass is 35.5. The van der Waals surface area contributed by atoms with Gasteiger partial charge in [-0.3, -0.25) is 14.2 Å². The van der Waals surface area contributed by atoms with Gasteiger partial charge in [0.1, 0.15) is 22.4 Å². The summed E-state index contributed by atoms with van der Waals surface area (Å²) < 4.78 is 50.0. The standard InChI is InChI=1S/C21H19ClF3N3O5S/c1-10-15-18(34-16(10)20(31)33-7-6-32-3)26-9-28(19(15)30)11(2)17(29)27-14-8-12(21(23,24)25)4-5-13(14)22/h4-5,8-9,11H,6-7H2,1-3H3,(H,27,29). The number of esters is 1. The minimum atomic E-state index is -4.62. The molecule has 0 spiro atoms. The lowest BCUT2D eigenvalue weighted by Crippen LogP contribution is -2.32. The van der Waals surface area contributed by atoms with Crippen molar-refractivity contribution in [2.24, 2.45) is 0 Å². The molecular formula is C21H19ClF3N3O5S. The van der Waals surface area contributed by atoms with E-state index in [1.807, 2.05) is 0 Å². The van der Waals surface area contributed by atoms with Crippen LogP contribution >= 0.6 is 22.9 Å². The van der Waals surface area contributed by atoms with Crippen LogP contribution in [0.2, 0.25) is 5.02 Å². The zero-order chi connectivity index (χ0) is 25.2. The molecule has 0 bridgehead atoms. The molecule has 0 aliphatic carbocycles. The number of fused-ring (bicyclic) bond motifs is 1. The Balaban J connectivity index is 1.90. The Morgan fingerprint density at radius 3 is 2.65 bits per heavy atom. The number of rotatable bonds is 7. The van der Waals surface area contributed by atoms with E-state index in [-0.39, 0.29) is 39.0 Å². The summed E-state index contributed by atoms with van der Waals surface area (Å²) in [7, 11) is 1.46. The zero-order valence-corrected chi connectivity index (χ0v) is 19.7. The Bertz CT molecular complexity index is 1310. The second-order valence-electron chi connectivity index (χ2n) is 7.18. The molecule has 0 radical (unpaired) electrons. The van der Waals surface area contributed by atoms with Gasteiger partial charge >= 0.3 is 12.1 Å². The van der Waals surface area contributed by atoms with Crippen molar-refractivity contribution in [2.75, 3.05) is 25.6 Å². The lowest BCUT2D eigenvalue weighted by molar-refractivity contribution is -0.137. The van der Waals surface area contributed by atoms with Gasteiger partial charge in [0.15, 0.2) is 0 Å². The molecule has 3 rings (SSSR count). The van der Waals surface area contributed by atoms with Crippen molar-refractivity contribution in [3.8, 4) is 0 Å². The van der Waals surface area contributed by atoms with Crippen molar-refractivity contribution < 1.29 is 32.2 Å². The summed E-state index contributed by atoms with van der Waals surface area (Å²) in [6, 6.07) is 1.38. The molecule has 1 atom stereocenters. The summed E-state index contributed by atoms with van der Waals surface area (Å²) in [6.07, 6.45) is -3.49. The molecule has 13 heteroatoms. The molecule has 0 saturated carbocycles. The van der Waals surface area contributed by atoms with Gasteiger partial charge in [0.25, 0.3) is 5.56 Å². The second-order valence-corrected chi connectivity index (χ2v) is 8.59. The van der Waals surface area contributed by atoms with Gasteiger partial charge in [-0.05, 0) is 37.6 Å². The van der Waals surface area contributed by atoms with E-state index in [0.717, 1.165) is 34.4 Å². The summed E-state index contributed by atoms with van der Waals surface area (Å²) in [5.74, 6) is -1.41. The maximum atomic E-state index is 13.1. The van der Waals surface area contributed by atoms with Crippen molar-refractivity contribution >= 4 is 50.7 Å². The van der Waals surface area contributed by atoms with Gasteiger partial charge in [0.05, 0.1) is 34.6 Å². The molecule has 2 aromatic heterocycles. The third-order valence-corrected chi connectivity index (χ3v) is 6.44. The number of hydrogen-bond acceptors (Lipinski definition) is 7.